The van der Waals surface area contributed by atoms with Crippen LogP contribution in [0.2, 0.25) is 0 Å². The number of hydrogen-bond acceptors (Lipinski definition) is 9. The number of aromatic nitrogens is 2. The molecular formula is C21H22N4O5S2. The van der Waals surface area contributed by atoms with Gasteiger partial charge >= 0.3 is 0 Å². The lowest BCUT2D eigenvalue weighted by atomic mass is 10.1. The first kappa shape index (κ1) is 23.4. The summed E-state index contributed by atoms with van der Waals surface area (Å²) in [4.78, 5) is 24.5. The summed E-state index contributed by atoms with van der Waals surface area (Å²) in [7, 11) is 4.66. The Morgan fingerprint density at radius 1 is 0.938 bits per heavy atom. The molecule has 2 amide bonds. The molecule has 0 radical (unpaired) electrons. The molecule has 0 saturated carbocycles. The summed E-state index contributed by atoms with van der Waals surface area (Å²) in [6.45, 7) is 0. The van der Waals surface area contributed by atoms with E-state index in [1.54, 1.807) is 63.8 Å². The van der Waals surface area contributed by atoms with E-state index in [4.69, 9.17) is 14.2 Å². The summed E-state index contributed by atoms with van der Waals surface area (Å²) in [5.74, 6) is 1.55. The highest BCUT2D eigenvalue weighted by Crippen LogP contribution is 2.28. The van der Waals surface area contributed by atoms with Crippen molar-refractivity contribution in [1.82, 2.24) is 10.2 Å². The summed E-state index contributed by atoms with van der Waals surface area (Å²) in [6, 6.07) is 12.4. The smallest absolute Gasteiger partial charge is 0.234 e. The Labute approximate surface area is 193 Å². The Kier molecular flexibility index (Phi) is 8.28. The summed E-state index contributed by atoms with van der Waals surface area (Å²) < 4.78 is 16.2. The Morgan fingerprint density at radius 3 is 2.50 bits per heavy atom. The van der Waals surface area contributed by atoms with E-state index in [1.807, 2.05) is 0 Å². The van der Waals surface area contributed by atoms with E-state index in [-0.39, 0.29) is 24.0 Å². The normalized spacial score (nSPS) is 10.3. The molecule has 0 unspecified atom stereocenters. The molecule has 0 bridgehead atoms. The minimum absolute atomic E-state index is 0.144. The Morgan fingerprint density at radius 2 is 1.75 bits per heavy atom. The van der Waals surface area contributed by atoms with Crippen molar-refractivity contribution in [2.45, 2.75) is 10.8 Å². The van der Waals surface area contributed by atoms with Crippen LogP contribution in [0.3, 0.4) is 0 Å². The largest absolute Gasteiger partial charge is 0.497 e. The van der Waals surface area contributed by atoms with Gasteiger partial charge in [0, 0.05) is 11.8 Å². The molecule has 0 spiro atoms. The fourth-order valence-corrected chi connectivity index (χ4v) is 4.25. The average molecular weight is 475 g/mol. The Hall–Kier alpha value is -3.31. The van der Waals surface area contributed by atoms with Gasteiger partial charge in [-0.25, -0.2) is 0 Å². The average Bonchev–Trinajstić information content (AvgIpc) is 3.24. The Balaban J connectivity index is 1.49. The zero-order valence-electron chi connectivity index (χ0n) is 17.7. The second-order valence-corrected chi connectivity index (χ2v) is 8.56. The lowest BCUT2D eigenvalue weighted by Gasteiger charge is -2.09. The summed E-state index contributed by atoms with van der Waals surface area (Å²) >= 11 is 2.44. The molecule has 0 fully saturated rings. The number of hydrogen-bond donors (Lipinski definition) is 2. The van der Waals surface area contributed by atoms with Gasteiger partial charge in [-0.1, -0.05) is 35.2 Å². The van der Waals surface area contributed by atoms with Gasteiger partial charge in [-0.05, 0) is 29.8 Å². The van der Waals surface area contributed by atoms with E-state index in [9.17, 15) is 9.59 Å². The zero-order valence-corrected chi connectivity index (χ0v) is 19.3. The molecule has 0 aliphatic rings. The molecular weight excluding hydrogens is 452 g/mol. The Bertz CT molecular complexity index is 1090. The number of thioether (sulfide) groups is 1. The van der Waals surface area contributed by atoms with Crippen LogP contribution < -0.4 is 24.8 Å². The molecule has 1 heterocycles. The van der Waals surface area contributed by atoms with Gasteiger partial charge in [-0.3, -0.25) is 9.59 Å². The number of methoxy groups -OCH3 is 3. The van der Waals surface area contributed by atoms with E-state index in [1.165, 1.54) is 23.1 Å². The first-order valence-corrected chi connectivity index (χ1v) is 11.2. The van der Waals surface area contributed by atoms with Crippen molar-refractivity contribution in [2.75, 3.05) is 37.7 Å². The summed E-state index contributed by atoms with van der Waals surface area (Å²) in [5, 5.41) is 13.9. The number of carbonyl (C=O) groups is 2. The fourth-order valence-electron chi connectivity index (χ4n) is 2.68. The van der Waals surface area contributed by atoms with Crippen LogP contribution in [0.25, 0.3) is 0 Å². The van der Waals surface area contributed by atoms with Gasteiger partial charge in [0.05, 0.1) is 33.5 Å². The van der Waals surface area contributed by atoms with E-state index in [0.29, 0.717) is 32.4 Å². The third-order valence-electron chi connectivity index (χ3n) is 4.15. The van der Waals surface area contributed by atoms with E-state index in [0.717, 1.165) is 5.56 Å². The lowest BCUT2D eigenvalue weighted by Crippen LogP contribution is -2.14. The van der Waals surface area contributed by atoms with Crippen LogP contribution in [0.15, 0.2) is 46.8 Å². The molecule has 0 atom stereocenters. The minimum atomic E-state index is -0.235. The predicted octanol–water partition coefficient (Wildman–Crippen LogP) is 3.48. The van der Waals surface area contributed by atoms with E-state index < -0.39 is 0 Å². The van der Waals surface area contributed by atoms with Crippen molar-refractivity contribution < 1.29 is 23.8 Å². The maximum Gasteiger partial charge on any atom is 0.234 e. The van der Waals surface area contributed by atoms with Crippen molar-refractivity contribution in [3.8, 4) is 17.2 Å². The maximum absolute atomic E-state index is 12.3. The number of anilines is 2. The minimum Gasteiger partial charge on any atom is -0.497 e. The van der Waals surface area contributed by atoms with Crippen LogP contribution >= 0.6 is 23.1 Å². The highest BCUT2D eigenvalue weighted by molar-refractivity contribution is 8.01. The molecule has 0 aliphatic heterocycles. The molecule has 1 aromatic heterocycles. The SMILES string of the molecule is COc1cccc(NC(=O)CSc2nnc(NC(=O)Cc3ccc(OC)c(OC)c3)s2)c1. The van der Waals surface area contributed by atoms with Crippen LogP contribution in [-0.4, -0.2) is 49.1 Å². The molecule has 11 heteroatoms. The van der Waals surface area contributed by atoms with Crippen molar-refractivity contribution in [1.29, 1.82) is 0 Å². The van der Waals surface area contributed by atoms with Crippen LogP contribution in [-0.2, 0) is 16.0 Å². The third-order valence-corrected chi connectivity index (χ3v) is 6.12. The molecule has 2 aromatic carbocycles. The van der Waals surface area contributed by atoms with Crippen molar-refractivity contribution in [3.63, 3.8) is 0 Å². The first-order chi connectivity index (χ1) is 15.5. The molecule has 2 N–H and O–H groups in total. The van der Waals surface area contributed by atoms with Crippen LogP contribution in [0, 0.1) is 0 Å². The standard InChI is InChI=1S/C21H22N4O5S2/c1-28-15-6-4-5-14(11-15)22-19(27)12-31-21-25-24-20(32-21)23-18(26)10-13-7-8-16(29-2)17(9-13)30-3/h4-9,11H,10,12H2,1-3H3,(H,22,27)(H,23,24,26). The summed E-state index contributed by atoms with van der Waals surface area (Å²) in [5.41, 5.74) is 1.42. The molecule has 32 heavy (non-hydrogen) atoms. The number of amides is 2. The van der Waals surface area contributed by atoms with Crippen molar-refractivity contribution in [3.05, 3.63) is 48.0 Å². The second-order valence-electron chi connectivity index (χ2n) is 6.36. The van der Waals surface area contributed by atoms with Crippen molar-refractivity contribution >= 4 is 45.7 Å². The summed E-state index contributed by atoms with van der Waals surface area (Å²) in [6.07, 6.45) is 0.144. The number of nitrogens with one attached hydrogen (secondary N) is 2. The van der Waals surface area contributed by atoms with Gasteiger partial charge < -0.3 is 24.8 Å². The number of rotatable bonds is 10. The topological polar surface area (TPSA) is 112 Å². The predicted molar refractivity (Wildman–Crippen MR) is 124 cm³/mol. The molecule has 9 nitrogen and oxygen atoms in total. The van der Waals surface area contributed by atoms with Gasteiger partial charge in [0.25, 0.3) is 0 Å². The maximum atomic E-state index is 12.3. The van der Waals surface area contributed by atoms with Crippen LogP contribution in [0.1, 0.15) is 5.56 Å². The van der Waals surface area contributed by atoms with Gasteiger partial charge in [0.15, 0.2) is 15.8 Å². The number of ether oxygens (including phenoxy) is 3. The van der Waals surface area contributed by atoms with Crippen LogP contribution in [0.4, 0.5) is 10.8 Å². The second kappa shape index (κ2) is 11.3. The van der Waals surface area contributed by atoms with Gasteiger partial charge in [-0.2, -0.15) is 0 Å². The van der Waals surface area contributed by atoms with Gasteiger partial charge in [0.2, 0.25) is 16.9 Å². The zero-order chi connectivity index (χ0) is 22.9. The first-order valence-electron chi connectivity index (χ1n) is 9.41. The lowest BCUT2D eigenvalue weighted by molar-refractivity contribution is -0.115. The number of nitrogens with zero attached hydrogens (tertiary/aromatic N) is 2. The van der Waals surface area contributed by atoms with E-state index in [2.05, 4.69) is 20.8 Å². The quantitative estimate of drug-likeness (QED) is 0.339. The molecule has 168 valence electrons. The van der Waals surface area contributed by atoms with E-state index >= 15 is 0 Å². The fraction of sp³-hybridized carbons (Fsp3) is 0.238. The monoisotopic (exact) mass is 474 g/mol. The molecule has 3 aromatic rings. The molecule has 0 aliphatic carbocycles. The van der Waals surface area contributed by atoms with Crippen LogP contribution in [0.5, 0.6) is 17.2 Å². The molecule has 0 saturated heterocycles. The molecule has 3 rings (SSSR count). The number of carbonyl (C=O) groups excluding carboxylic acids is 2. The third kappa shape index (κ3) is 6.59. The van der Waals surface area contributed by atoms with Crippen molar-refractivity contribution in [2.24, 2.45) is 0 Å². The van der Waals surface area contributed by atoms with Gasteiger partial charge in [-0.15, -0.1) is 10.2 Å². The highest BCUT2D eigenvalue weighted by atomic mass is 32.2. The number of benzene rings is 2. The van der Waals surface area contributed by atoms with Gasteiger partial charge in [0.1, 0.15) is 5.75 Å². The highest BCUT2D eigenvalue weighted by Gasteiger charge is 2.13.